The summed E-state index contributed by atoms with van der Waals surface area (Å²) >= 11 is 6.15. The summed E-state index contributed by atoms with van der Waals surface area (Å²) in [6, 6.07) is 24.1. The molecule has 0 amide bonds. The van der Waals surface area contributed by atoms with Gasteiger partial charge in [0, 0.05) is 16.4 Å². The Bertz CT molecular complexity index is 1140. The van der Waals surface area contributed by atoms with E-state index in [0.29, 0.717) is 5.02 Å². The summed E-state index contributed by atoms with van der Waals surface area (Å²) in [5.41, 5.74) is 4.30. The molecule has 0 spiro atoms. The Labute approximate surface area is 191 Å². The molecule has 0 N–H and O–H groups in total. The lowest BCUT2D eigenvalue weighted by Crippen LogP contribution is -2.43. The zero-order valence-corrected chi connectivity index (χ0v) is 18.5. The maximum absolute atomic E-state index is 12.9. The van der Waals surface area contributed by atoms with Crippen molar-refractivity contribution in [3.8, 4) is 0 Å². The van der Waals surface area contributed by atoms with Gasteiger partial charge in [-0.1, -0.05) is 66.2 Å². The minimum Gasteiger partial charge on any atom is -0.468 e. The molecule has 6 heteroatoms. The molecule has 0 bridgehead atoms. The summed E-state index contributed by atoms with van der Waals surface area (Å²) in [6.07, 6.45) is 2.06. The molecular weight excluding hydrogens is 426 g/mol. The smallest absolute Gasteiger partial charge is 0.322 e. The lowest BCUT2D eigenvalue weighted by atomic mass is 9.83. The third-order valence-electron chi connectivity index (χ3n) is 5.54. The Morgan fingerprint density at radius 1 is 0.844 bits per heavy atom. The molecule has 1 unspecified atom stereocenters. The van der Waals surface area contributed by atoms with Crippen LogP contribution in [0.3, 0.4) is 0 Å². The van der Waals surface area contributed by atoms with E-state index in [0.717, 1.165) is 28.1 Å². The number of esters is 2. The van der Waals surface area contributed by atoms with Gasteiger partial charge in [0.2, 0.25) is 0 Å². The maximum Gasteiger partial charge on any atom is 0.322 e. The van der Waals surface area contributed by atoms with E-state index in [1.54, 1.807) is 12.1 Å². The Morgan fingerprint density at radius 2 is 1.44 bits per heavy atom. The fourth-order valence-corrected chi connectivity index (χ4v) is 4.21. The molecule has 5 nitrogen and oxygen atoms in total. The van der Waals surface area contributed by atoms with Crippen LogP contribution in [-0.2, 0) is 19.1 Å². The fraction of sp³-hybridized carbons (Fsp3) is 0.154. The van der Waals surface area contributed by atoms with Crippen molar-refractivity contribution < 1.29 is 19.1 Å². The van der Waals surface area contributed by atoms with Crippen molar-refractivity contribution in [1.82, 2.24) is 0 Å². The molecule has 32 heavy (non-hydrogen) atoms. The molecule has 1 heterocycles. The lowest BCUT2D eigenvalue weighted by Gasteiger charge is -2.41. The molecule has 0 aromatic heterocycles. The number of benzene rings is 3. The number of carbonyl (C=O) groups excluding carboxylic acids is 2. The van der Waals surface area contributed by atoms with Crippen LogP contribution >= 0.6 is 11.6 Å². The molecule has 3 aromatic rings. The van der Waals surface area contributed by atoms with Crippen LogP contribution in [0.5, 0.6) is 0 Å². The largest absolute Gasteiger partial charge is 0.468 e. The second kappa shape index (κ2) is 9.28. The van der Waals surface area contributed by atoms with Gasteiger partial charge in [-0.05, 0) is 47.0 Å². The van der Waals surface area contributed by atoms with Gasteiger partial charge >= 0.3 is 11.9 Å². The van der Waals surface area contributed by atoms with Crippen LogP contribution in [0.1, 0.15) is 22.7 Å². The van der Waals surface area contributed by atoms with E-state index < -0.39 is 23.9 Å². The van der Waals surface area contributed by atoms with Crippen molar-refractivity contribution in [3.63, 3.8) is 0 Å². The zero-order chi connectivity index (χ0) is 22.7. The molecule has 1 atom stereocenters. The predicted octanol–water partition coefficient (Wildman–Crippen LogP) is 5.36. The summed E-state index contributed by atoms with van der Waals surface area (Å²) < 4.78 is 10.1. The Balaban J connectivity index is 2.01. The molecule has 162 valence electrons. The van der Waals surface area contributed by atoms with Gasteiger partial charge in [-0.2, -0.15) is 0 Å². The number of carbonyl (C=O) groups is 2. The standard InChI is InChI=1S/C26H22ClNO4/c1-31-25(29)23(26(30)32-2)24-21-11-7-6-10-18(21)16-22(17-8-4-3-5-9-17)28(24)20-14-12-19(27)13-15-20/h3-16,23-24H,1-2H3. The van der Waals surface area contributed by atoms with Gasteiger partial charge < -0.3 is 14.4 Å². The van der Waals surface area contributed by atoms with Crippen LogP contribution in [0.4, 0.5) is 5.69 Å². The summed E-state index contributed by atoms with van der Waals surface area (Å²) in [4.78, 5) is 27.8. The number of ether oxygens (including phenoxy) is 2. The number of nitrogens with zero attached hydrogens (tertiary/aromatic N) is 1. The van der Waals surface area contributed by atoms with Crippen molar-refractivity contribution in [2.45, 2.75) is 6.04 Å². The van der Waals surface area contributed by atoms with E-state index in [9.17, 15) is 9.59 Å². The average molecular weight is 448 g/mol. The summed E-state index contributed by atoms with van der Waals surface area (Å²) in [5, 5.41) is 0.588. The molecule has 4 rings (SSSR count). The molecule has 1 aliphatic rings. The minimum absolute atomic E-state index is 0.588. The first kappa shape index (κ1) is 21.7. The Morgan fingerprint density at radius 3 is 2.06 bits per heavy atom. The number of methoxy groups -OCH3 is 2. The first-order valence-corrected chi connectivity index (χ1v) is 10.5. The van der Waals surface area contributed by atoms with Crippen LogP contribution in [0.25, 0.3) is 11.8 Å². The second-order valence-corrected chi connectivity index (χ2v) is 7.78. The molecule has 3 aromatic carbocycles. The van der Waals surface area contributed by atoms with Crippen LogP contribution in [-0.4, -0.2) is 26.2 Å². The quantitative estimate of drug-likeness (QED) is 0.389. The van der Waals surface area contributed by atoms with Crippen molar-refractivity contribution in [2.75, 3.05) is 19.1 Å². The molecule has 0 saturated carbocycles. The fourth-order valence-electron chi connectivity index (χ4n) is 4.09. The molecule has 0 radical (unpaired) electrons. The van der Waals surface area contributed by atoms with Crippen LogP contribution in [0, 0.1) is 5.92 Å². The van der Waals surface area contributed by atoms with Gasteiger partial charge in [-0.25, -0.2) is 0 Å². The highest BCUT2D eigenvalue weighted by atomic mass is 35.5. The number of rotatable bonds is 5. The SMILES string of the molecule is COC(=O)C(C(=O)OC)C1c2ccccc2C=C(c2ccccc2)N1c1ccc(Cl)cc1. The zero-order valence-electron chi connectivity index (χ0n) is 17.7. The van der Waals surface area contributed by atoms with Crippen LogP contribution < -0.4 is 4.90 Å². The van der Waals surface area contributed by atoms with Crippen molar-refractivity contribution in [3.05, 3.63) is 101 Å². The number of fused-ring (bicyclic) bond motifs is 1. The highest BCUT2D eigenvalue weighted by Crippen LogP contribution is 2.46. The van der Waals surface area contributed by atoms with E-state index >= 15 is 0 Å². The number of anilines is 1. The Kier molecular flexibility index (Phi) is 6.28. The van der Waals surface area contributed by atoms with E-state index in [1.807, 2.05) is 71.6 Å². The summed E-state index contributed by atoms with van der Waals surface area (Å²) in [6.45, 7) is 0. The molecule has 0 fully saturated rings. The van der Waals surface area contributed by atoms with Gasteiger partial charge in [-0.3, -0.25) is 9.59 Å². The molecular formula is C26H22ClNO4. The highest BCUT2D eigenvalue weighted by Gasteiger charge is 2.45. The van der Waals surface area contributed by atoms with Crippen molar-refractivity contribution in [1.29, 1.82) is 0 Å². The molecule has 0 saturated heterocycles. The van der Waals surface area contributed by atoms with Gasteiger partial charge in [0.1, 0.15) is 0 Å². The minimum atomic E-state index is -1.20. The first-order chi connectivity index (χ1) is 15.5. The normalized spacial score (nSPS) is 15.1. The van der Waals surface area contributed by atoms with Crippen LogP contribution in [0.2, 0.25) is 5.02 Å². The lowest BCUT2D eigenvalue weighted by molar-refractivity contribution is -0.159. The second-order valence-electron chi connectivity index (χ2n) is 7.34. The average Bonchev–Trinajstić information content (AvgIpc) is 2.84. The van der Waals surface area contributed by atoms with Crippen LogP contribution in [0.15, 0.2) is 78.9 Å². The monoisotopic (exact) mass is 447 g/mol. The maximum atomic E-state index is 12.9. The van der Waals surface area contributed by atoms with Gasteiger partial charge in [-0.15, -0.1) is 0 Å². The third kappa shape index (κ3) is 3.99. The van der Waals surface area contributed by atoms with Crippen molar-refractivity contribution >= 4 is 41.0 Å². The third-order valence-corrected chi connectivity index (χ3v) is 5.80. The van der Waals surface area contributed by atoms with Crippen molar-refractivity contribution in [2.24, 2.45) is 5.92 Å². The van der Waals surface area contributed by atoms with E-state index in [4.69, 9.17) is 21.1 Å². The number of hydrogen-bond acceptors (Lipinski definition) is 5. The topological polar surface area (TPSA) is 55.8 Å². The summed E-state index contributed by atoms with van der Waals surface area (Å²) in [5.74, 6) is -2.52. The van der Waals surface area contributed by atoms with Gasteiger partial charge in [0.25, 0.3) is 0 Å². The molecule has 0 aliphatic carbocycles. The van der Waals surface area contributed by atoms with Gasteiger partial charge in [0.15, 0.2) is 5.92 Å². The highest BCUT2D eigenvalue weighted by molar-refractivity contribution is 6.30. The number of halogens is 1. The predicted molar refractivity (Wildman–Crippen MR) is 125 cm³/mol. The summed E-state index contributed by atoms with van der Waals surface area (Å²) in [7, 11) is 2.54. The van der Waals surface area contributed by atoms with Gasteiger partial charge in [0.05, 0.1) is 20.3 Å². The van der Waals surface area contributed by atoms with E-state index in [2.05, 4.69) is 6.08 Å². The number of hydrogen-bond donors (Lipinski definition) is 0. The van der Waals surface area contributed by atoms with E-state index in [-0.39, 0.29) is 0 Å². The molecule has 1 aliphatic heterocycles. The van der Waals surface area contributed by atoms with E-state index in [1.165, 1.54) is 14.2 Å². The first-order valence-electron chi connectivity index (χ1n) is 10.1. The Hall–Kier alpha value is -3.57.